The molecule has 0 amide bonds. The van der Waals surface area contributed by atoms with Gasteiger partial charge in [-0.25, -0.2) is 0 Å². The predicted molar refractivity (Wildman–Crippen MR) is 71.2 cm³/mol. The Balaban J connectivity index is 2.29. The lowest BCUT2D eigenvalue weighted by Gasteiger charge is -2.12. The van der Waals surface area contributed by atoms with Crippen molar-refractivity contribution in [2.75, 3.05) is 7.11 Å². The average molecular weight is 293 g/mol. The maximum Gasteiger partial charge on any atom is 0.119 e. The molecule has 2 aromatic carbocycles. The van der Waals surface area contributed by atoms with Crippen LogP contribution in [-0.4, -0.2) is 12.2 Å². The van der Waals surface area contributed by atoms with Crippen molar-refractivity contribution in [1.29, 1.82) is 0 Å². The van der Waals surface area contributed by atoms with Gasteiger partial charge in [0.05, 0.1) is 7.11 Å². The fourth-order valence-corrected chi connectivity index (χ4v) is 1.91. The van der Waals surface area contributed by atoms with E-state index in [9.17, 15) is 5.11 Å². The van der Waals surface area contributed by atoms with Crippen LogP contribution in [0.15, 0.2) is 53.0 Å². The lowest BCUT2D eigenvalue weighted by atomic mass is 10.0. The van der Waals surface area contributed by atoms with Crippen LogP contribution in [0, 0.1) is 0 Å². The Morgan fingerprint density at radius 2 is 1.76 bits per heavy atom. The number of ether oxygens (including phenoxy) is 1. The molecule has 2 aromatic rings. The Kier molecular flexibility index (Phi) is 3.82. The Hall–Kier alpha value is -1.32. The van der Waals surface area contributed by atoms with Gasteiger partial charge >= 0.3 is 0 Å². The molecule has 2 rings (SSSR count). The predicted octanol–water partition coefficient (Wildman–Crippen LogP) is 3.54. The molecule has 0 unspecified atom stereocenters. The number of hydrogen-bond acceptors (Lipinski definition) is 2. The quantitative estimate of drug-likeness (QED) is 0.938. The van der Waals surface area contributed by atoms with E-state index in [2.05, 4.69) is 15.9 Å². The zero-order valence-corrected chi connectivity index (χ0v) is 11.0. The molecule has 88 valence electrons. The third-order valence-corrected chi connectivity index (χ3v) is 3.12. The van der Waals surface area contributed by atoms with Gasteiger partial charge in [0, 0.05) is 4.47 Å². The minimum Gasteiger partial charge on any atom is -0.497 e. The monoisotopic (exact) mass is 292 g/mol. The summed E-state index contributed by atoms with van der Waals surface area (Å²) in [6.45, 7) is 0. The first-order valence-electron chi connectivity index (χ1n) is 5.28. The first kappa shape index (κ1) is 12.1. The molecule has 2 nitrogen and oxygen atoms in total. The van der Waals surface area contributed by atoms with Gasteiger partial charge in [0.15, 0.2) is 0 Å². The van der Waals surface area contributed by atoms with Gasteiger partial charge in [-0.05, 0) is 35.4 Å². The summed E-state index contributed by atoms with van der Waals surface area (Å²) in [5.41, 5.74) is 1.69. The van der Waals surface area contributed by atoms with E-state index < -0.39 is 6.10 Å². The summed E-state index contributed by atoms with van der Waals surface area (Å²) in [6.07, 6.45) is -0.627. The van der Waals surface area contributed by atoms with E-state index in [0.717, 1.165) is 21.3 Å². The first-order valence-corrected chi connectivity index (χ1v) is 6.07. The molecule has 0 spiro atoms. The zero-order chi connectivity index (χ0) is 12.3. The van der Waals surface area contributed by atoms with Crippen LogP contribution < -0.4 is 4.74 Å². The minimum absolute atomic E-state index is 0.627. The Morgan fingerprint density at radius 1 is 1.06 bits per heavy atom. The second-order valence-corrected chi connectivity index (χ2v) is 4.65. The minimum atomic E-state index is -0.627. The largest absolute Gasteiger partial charge is 0.497 e. The van der Waals surface area contributed by atoms with Crippen LogP contribution in [0.1, 0.15) is 17.2 Å². The Bertz CT molecular complexity index is 494. The maximum atomic E-state index is 10.2. The molecule has 0 bridgehead atoms. The van der Waals surface area contributed by atoms with E-state index >= 15 is 0 Å². The molecule has 0 heterocycles. The van der Waals surface area contributed by atoms with Crippen molar-refractivity contribution in [2.24, 2.45) is 0 Å². The van der Waals surface area contributed by atoms with Crippen LogP contribution in [-0.2, 0) is 0 Å². The van der Waals surface area contributed by atoms with Crippen molar-refractivity contribution in [1.82, 2.24) is 0 Å². The van der Waals surface area contributed by atoms with Crippen LogP contribution in [0.2, 0.25) is 0 Å². The van der Waals surface area contributed by atoms with E-state index in [0.29, 0.717) is 0 Å². The van der Waals surface area contributed by atoms with Gasteiger partial charge in [-0.1, -0.05) is 40.2 Å². The highest BCUT2D eigenvalue weighted by molar-refractivity contribution is 9.10. The van der Waals surface area contributed by atoms with Crippen molar-refractivity contribution in [2.45, 2.75) is 6.10 Å². The standard InChI is InChI=1S/C14H13BrO2/c1-17-13-4-2-3-11(9-13)14(16)10-5-7-12(15)8-6-10/h2-9,14,16H,1H3/t14-/m0/s1. The molecule has 0 fully saturated rings. The number of rotatable bonds is 3. The normalized spacial score (nSPS) is 12.2. The number of aliphatic hydroxyl groups is 1. The molecule has 0 aliphatic rings. The molecular weight excluding hydrogens is 280 g/mol. The lowest BCUT2D eigenvalue weighted by Crippen LogP contribution is -1.99. The average Bonchev–Trinajstić information content (AvgIpc) is 2.39. The summed E-state index contributed by atoms with van der Waals surface area (Å²) in [4.78, 5) is 0. The van der Waals surface area contributed by atoms with E-state index in [1.54, 1.807) is 7.11 Å². The summed E-state index contributed by atoms with van der Waals surface area (Å²) in [6, 6.07) is 15.1. The second kappa shape index (κ2) is 5.34. The van der Waals surface area contributed by atoms with Crippen molar-refractivity contribution >= 4 is 15.9 Å². The van der Waals surface area contributed by atoms with Crippen LogP contribution in [0.4, 0.5) is 0 Å². The Morgan fingerprint density at radius 3 is 2.41 bits per heavy atom. The first-order chi connectivity index (χ1) is 8.20. The molecule has 0 aromatic heterocycles. The zero-order valence-electron chi connectivity index (χ0n) is 9.43. The van der Waals surface area contributed by atoms with Gasteiger partial charge in [0.25, 0.3) is 0 Å². The van der Waals surface area contributed by atoms with E-state index in [1.807, 2.05) is 48.5 Å². The molecule has 0 saturated heterocycles. The third kappa shape index (κ3) is 2.87. The lowest BCUT2D eigenvalue weighted by molar-refractivity contribution is 0.220. The van der Waals surface area contributed by atoms with Gasteiger partial charge in [-0.15, -0.1) is 0 Å². The molecule has 3 heteroatoms. The number of benzene rings is 2. The molecule has 17 heavy (non-hydrogen) atoms. The van der Waals surface area contributed by atoms with E-state index in [-0.39, 0.29) is 0 Å². The van der Waals surface area contributed by atoms with Crippen molar-refractivity contribution in [3.63, 3.8) is 0 Å². The fourth-order valence-electron chi connectivity index (χ4n) is 1.65. The molecule has 0 saturated carbocycles. The number of halogens is 1. The van der Waals surface area contributed by atoms with Crippen LogP contribution >= 0.6 is 15.9 Å². The van der Waals surface area contributed by atoms with Gasteiger partial charge in [0.2, 0.25) is 0 Å². The summed E-state index contributed by atoms with van der Waals surface area (Å²) < 4.78 is 6.14. The fraction of sp³-hybridized carbons (Fsp3) is 0.143. The highest BCUT2D eigenvalue weighted by Crippen LogP contribution is 2.25. The highest BCUT2D eigenvalue weighted by Gasteiger charge is 2.10. The molecule has 1 N–H and O–H groups in total. The maximum absolute atomic E-state index is 10.2. The molecule has 0 radical (unpaired) electrons. The van der Waals surface area contributed by atoms with Crippen LogP contribution in [0.3, 0.4) is 0 Å². The summed E-state index contributed by atoms with van der Waals surface area (Å²) in [5.74, 6) is 0.749. The molecule has 0 aliphatic heterocycles. The van der Waals surface area contributed by atoms with E-state index in [4.69, 9.17) is 4.74 Å². The van der Waals surface area contributed by atoms with Crippen molar-refractivity contribution in [3.8, 4) is 5.75 Å². The summed E-state index contributed by atoms with van der Waals surface area (Å²) in [7, 11) is 1.62. The van der Waals surface area contributed by atoms with Gasteiger partial charge in [-0.3, -0.25) is 0 Å². The Labute approximate surface area is 109 Å². The highest BCUT2D eigenvalue weighted by atomic mass is 79.9. The van der Waals surface area contributed by atoms with Crippen LogP contribution in [0.25, 0.3) is 0 Å². The second-order valence-electron chi connectivity index (χ2n) is 3.73. The van der Waals surface area contributed by atoms with Crippen molar-refractivity contribution < 1.29 is 9.84 Å². The molecule has 1 atom stereocenters. The number of aliphatic hydroxyl groups excluding tert-OH is 1. The smallest absolute Gasteiger partial charge is 0.119 e. The molecular formula is C14H13BrO2. The van der Waals surface area contributed by atoms with Crippen LogP contribution in [0.5, 0.6) is 5.75 Å². The number of methoxy groups -OCH3 is 1. The van der Waals surface area contributed by atoms with Crippen molar-refractivity contribution in [3.05, 3.63) is 64.1 Å². The number of hydrogen-bond donors (Lipinski definition) is 1. The summed E-state index contributed by atoms with van der Waals surface area (Å²) in [5, 5.41) is 10.2. The summed E-state index contributed by atoms with van der Waals surface area (Å²) >= 11 is 3.37. The van der Waals surface area contributed by atoms with Gasteiger partial charge in [-0.2, -0.15) is 0 Å². The van der Waals surface area contributed by atoms with Gasteiger partial charge in [0.1, 0.15) is 11.9 Å². The molecule has 0 aliphatic carbocycles. The topological polar surface area (TPSA) is 29.5 Å². The third-order valence-electron chi connectivity index (χ3n) is 2.60. The SMILES string of the molecule is COc1cccc([C@@H](O)c2ccc(Br)cc2)c1. The van der Waals surface area contributed by atoms with E-state index in [1.165, 1.54) is 0 Å². The van der Waals surface area contributed by atoms with Gasteiger partial charge < -0.3 is 9.84 Å².